The molecule has 5 heteroatoms. The van der Waals surface area contributed by atoms with Crippen molar-refractivity contribution in [1.82, 2.24) is 9.88 Å². The van der Waals surface area contributed by atoms with Crippen LogP contribution in [0.15, 0.2) is 48.7 Å². The van der Waals surface area contributed by atoms with E-state index < -0.39 is 0 Å². The molecule has 0 N–H and O–H groups in total. The van der Waals surface area contributed by atoms with Crippen LogP contribution in [0.4, 0.5) is 5.82 Å². The molecule has 1 aromatic carbocycles. The summed E-state index contributed by atoms with van der Waals surface area (Å²) in [6.07, 6.45) is 3.89. The molecule has 2 heterocycles. The van der Waals surface area contributed by atoms with Gasteiger partial charge in [0.2, 0.25) is 0 Å². The van der Waals surface area contributed by atoms with Crippen molar-refractivity contribution in [3.63, 3.8) is 0 Å². The second kappa shape index (κ2) is 7.51. The van der Waals surface area contributed by atoms with Gasteiger partial charge in [-0.2, -0.15) is 11.8 Å². The van der Waals surface area contributed by atoms with Crippen molar-refractivity contribution in [1.29, 1.82) is 0 Å². The maximum absolute atomic E-state index is 12.6. The van der Waals surface area contributed by atoms with Crippen molar-refractivity contribution in [3.05, 3.63) is 59.8 Å². The molecule has 3 rings (SSSR count). The van der Waals surface area contributed by atoms with Gasteiger partial charge in [0, 0.05) is 43.7 Å². The second-order valence-electron chi connectivity index (χ2n) is 5.60. The maximum Gasteiger partial charge on any atom is 0.253 e. The molecule has 1 aliphatic rings. The molecular weight excluding hydrogens is 306 g/mol. The Morgan fingerprint density at radius 1 is 1.09 bits per heavy atom. The Morgan fingerprint density at radius 3 is 2.43 bits per heavy atom. The number of benzene rings is 1. The third-order valence-corrected chi connectivity index (χ3v) is 4.67. The summed E-state index contributed by atoms with van der Waals surface area (Å²) in [6.45, 7) is 3.13. The number of thioether (sulfide) groups is 1. The highest BCUT2D eigenvalue weighted by molar-refractivity contribution is 7.97. The third-order valence-electron chi connectivity index (χ3n) is 4.05. The molecule has 1 amide bonds. The monoisotopic (exact) mass is 327 g/mol. The minimum absolute atomic E-state index is 0.126. The average molecular weight is 327 g/mol. The number of piperazine rings is 1. The van der Waals surface area contributed by atoms with E-state index in [9.17, 15) is 4.79 Å². The third kappa shape index (κ3) is 3.85. The van der Waals surface area contributed by atoms with E-state index in [0.29, 0.717) is 0 Å². The van der Waals surface area contributed by atoms with E-state index in [1.807, 2.05) is 53.6 Å². The number of anilines is 1. The van der Waals surface area contributed by atoms with Gasteiger partial charge >= 0.3 is 0 Å². The Bertz CT molecular complexity index is 637. The van der Waals surface area contributed by atoms with Crippen LogP contribution in [-0.4, -0.2) is 48.2 Å². The Morgan fingerprint density at radius 2 is 1.83 bits per heavy atom. The zero-order valence-electron chi connectivity index (χ0n) is 13.3. The van der Waals surface area contributed by atoms with E-state index in [1.165, 1.54) is 5.56 Å². The second-order valence-corrected chi connectivity index (χ2v) is 6.46. The fourth-order valence-corrected chi connectivity index (χ4v) is 3.30. The first-order chi connectivity index (χ1) is 11.3. The average Bonchev–Trinajstić information content (AvgIpc) is 2.63. The van der Waals surface area contributed by atoms with E-state index in [4.69, 9.17) is 0 Å². The van der Waals surface area contributed by atoms with Gasteiger partial charge in [0.15, 0.2) is 0 Å². The molecule has 0 atom stereocenters. The van der Waals surface area contributed by atoms with Gasteiger partial charge in [-0.15, -0.1) is 0 Å². The van der Waals surface area contributed by atoms with Gasteiger partial charge in [0.1, 0.15) is 5.82 Å². The van der Waals surface area contributed by atoms with Crippen LogP contribution in [0.25, 0.3) is 0 Å². The summed E-state index contributed by atoms with van der Waals surface area (Å²) in [5.41, 5.74) is 2.04. The van der Waals surface area contributed by atoms with Crippen LogP contribution in [0.1, 0.15) is 15.9 Å². The molecule has 0 saturated carbocycles. The van der Waals surface area contributed by atoms with Crippen molar-refractivity contribution in [2.45, 2.75) is 5.75 Å². The number of hydrogen-bond donors (Lipinski definition) is 0. The van der Waals surface area contributed by atoms with Gasteiger partial charge in [0.25, 0.3) is 5.91 Å². The van der Waals surface area contributed by atoms with Gasteiger partial charge in [-0.05, 0) is 36.1 Å². The Balaban J connectivity index is 1.59. The van der Waals surface area contributed by atoms with Crippen LogP contribution >= 0.6 is 11.8 Å². The van der Waals surface area contributed by atoms with Gasteiger partial charge in [-0.1, -0.05) is 18.2 Å². The molecule has 120 valence electrons. The smallest absolute Gasteiger partial charge is 0.253 e. The summed E-state index contributed by atoms with van der Waals surface area (Å²) in [6, 6.07) is 13.9. The molecule has 0 bridgehead atoms. The maximum atomic E-state index is 12.6. The summed E-state index contributed by atoms with van der Waals surface area (Å²) >= 11 is 1.79. The molecular formula is C18H21N3OS. The van der Waals surface area contributed by atoms with Gasteiger partial charge in [-0.25, -0.2) is 4.98 Å². The zero-order chi connectivity index (χ0) is 16.1. The van der Waals surface area contributed by atoms with Gasteiger partial charge in [-0.3, -0.25) is 4.79 Å². The lowest BCUT2D eigenvalue weighted by Gasteiger charge is -2.35. The van der Waals surface area contributed by atoms with Crippen molar-refractivity contribution >= 4 is 23.5 Å². The number of amides is 1. The van der Waals surface area contributed by atoms with E-state index in [1.54, 1.807) is 11.8 Å². The van der Waals surface area contributed by atoms with Crippen LogP contribution in [0.5, 0.6) is 0 Å². The molecule has 0 spiro atoms. The van der Waals surface area contributed by atoms with Crippen molar-refractivity contribution in [3.8, 4) is 0 Å². The highest BCUT2D eigenvalue weighted by atomic mass is 32.2. The fraction of sp³-hybridized carbons (Fsp3) is 0.333. The summed E-state index contributed by atoms with van der Waals surface area (Å²) in [7, 11) is 0. The first kappa shape index (κ1) is 15.9. The number of carbonyl (C=O) groups excluding carboxylic acids is 1. The van der Waals surface area contributed by atoms with Crippen LogP contribution < -0.4 is 4.90 Å². The highest BCUT2D eigenvalue weighted by Gasteiger charge is 2.22. The summed E-state index contributed by atoms with van der Waals surface area (Å²) in [5.74, 6) is 2.10. The number of carbonyl (C=O) groups is 1. The molecule has 1 fully saturated rings. The van der Waals surface area contributed by atoms with Crippen molar-refractivity contribution < 1.29 is 4.79 Å². The van der Waals surface area contributed by atoms with Crippen LogP contribution in [-0.2, 0) is 5.75 Å². The van der Waals surface area contributed by atoms with Gasteiger partial charge in [0.05, 0.1) is 0 Å². The number of hydrogen-bond acceptors (Lipinski definition) is 4. The quantitative estimate of drug-likeness (QED) is 0.865. The first-order valence-corrected chi connectivity index (χ1v) is 9.20. The van der Waals surface area contributed by atoms with E-state index in [2.05, 4.69) is 16.1 Å². The Labute approximate surface area is 141 Å². The standard InChI is InChI=1S/C18H21N3OS/c1-23-14-15-5-7-16(8-6-15)18(22)21-12-10-20(11-13-21)17-4-2-3-9-19-17/h2-9H,10-14H2,1H3. The molecule has 1 aliphatic heterocycles. The fourth-order valence-electron chi connectivity index (χ4n) is 2.77. The van der Waals surface area contributed by atoms with E-state index in [0.717, 1.165) is 43.3 Å². The highest BCUT2D eigenvalue weighted by Crippen LogP contribution is 2.16. The molecule has 0 radical (unpaired) electrons. The molecule has 2 aromatic rings. The van der Waals surface area contributed by atoms with E-state index in [-0.39, 0.29) is 5.91 Å². The summed E-state index contributed by atoms with van der Waals surface area (Å²) in [4.78, 5) is 21.1. The van der Waals surface area contributed by atoms with Crippen molar-refractivity contribution in [2.24, 2.45) is 0 Å². The Hall–Kier alpha value is -2.01. The van der Waals surface area contributed by atoms with Crippen molar-refractivity contribution in [2.75, 3.05) is 37.3 Å². The normalized spacial score (nSPS) is 14.8. The first-order valence-electron chi connectivity index (χ1n) is 7.81. The SMILES string of the molecule is CSCc1ccc(C(=O)N2CCN(c3ccccn3)CC2)cc1. The predicted octanol–water partition coefficient (Wildman–Crippen LogP) is 2.91. The minimum atomic E-state index is 0.126. The summed E-state index contributed by atoms with van der Waals surface area (Å²) in [5, 5.41) is 0. The molecule has 4 nitrogen and oxygen atoms in total. The zero-order valence-corrected chi connectivity index (χ0v) is 14.1. The topological polar surface area (TPSA) is 36.4 Å². The van der Waals surface area contributed by atoms with Gasteiger partial charge < -0.3 is 9.80 Å². The molecule has 1 aromatic heterocycles. The minimum Gasteiger partial charge on any atom is -0.353 e. The lowest BCUT2D eigenvalue weighted by atomic mass is 10.1. The predicted molar refractivity (Wildman–Crippen MR) is 96.0 cm³/mol. The number of rotatable bonds is 4. The molecule has 23 heavy (non-hydrogen) atoms. The lowest BCUT2D eigenvalue weighted by molar-refractivity contribution is 0.0746. The summed E-state index contributed by atoms with van der Waals surface area (Å²) < 4.78 is 0. The number of nitrogens with zero attached hydrogens (tertiary/aromatic N) is 3. The van der Waals surface area contributed by atoms with E-state index >= 15 is 0 Å². The molecule has 1 saturated heterocycles. The van der Waals surface area contributed by atoms with Crippen LogP contribution in [0, 0.1) is 0 Å². The number of pyridine rings is 1. The number of aromatic nitrogens is 1. The molecule has 0 unspecified atom stereocenters. The van der Waals surface area contributed by atoms with Crippen LogP contribution in [0.2, 0.25) is 0 Å². The lowest BCUT2D eigenvalue weighted by Crippen LogP contribution is -2.49. The van der Waals surface area contributed by atoms with Crippen LogP contribution in [0.3, 0.4) is 0 Å². The Kier molecular flexibility index (Phi) is 5.18. The molecule has 0 aliphatic carbocycles. The largest absolute Gasteiger partial charge is 0.353 e.